The molecule has 1 aromatic heterocycles. The van der Waals surface area contributed by atoms with Crippen molar-refractivity contribution < 1.29 is 19.1 Å². The summed E-state index contributed by atoms with van der Waals surface area (Å²) in [4.78, 5) is 24.5. The lowest BCUT2D eigenvalue weighted by molar-refractivity contribution is -0.142. The van der Waals surface area contributed by atoms with Gasteiger partial charge in [0.25, 0.3) is 0 Å². The molecule has 3 rings (SSSR count). The average molecular weight is 369 g/mol. The normalized spacial score (nSPS) is 20.3. The largest absolute Gasteiger partial charge is 0.496 e. The van der Waals surface area contributed by atoms with Crippen LogP contribution >= 0.6 is 27.3 Å². The summed E-state index contributed by atoms with van der Waals surface area (Å²) in [6, 6.07) is 5.72. The van der Waals surface area contributed by atoms with Crippen LogP contribution in [0.1, 0.15) is 16.1 Å². The van der Waals surface area contributed by atoms with E-state index < -0.39 is 0 Å². The highest BCUT2D eigenvalue weighted by Crippen LogP contribution is 2.44. The quantitative estimate of drug-likeness (QED) is 0.610. The summed E-state index contributed by atoms with van der Waals surface area (Å²) in [5.41, 5.74) is 0. The molecule has 2 atom stereocenters. The maximum atomic E-state index is 12.4. The number of benzene rings is 1. The fraction of sp³-hybridized carbons (Fsp3) is 0.333. The molecule has 4 nitrogen and oxygen atoms in total. The molecule has 1 heterocycles. The monoisotopic (exact) mass is 368 g/mol. The zero-order chi connectivity index (χ0) is 15.1. The lowest BCUT2D eigenvalue weighted by atomic mass is 10.1. The summed E-state index contributed by atoms with van der Waals surface area (Å²) in [6.45, 7) is 0. The molecule has 0 bridgehead atoms. The second-order valence-corrected chi connectivity index (χ2v) is 6.91. The summed E-state index contributed by atoms with van der Waals surface area (Å²) in [6.07, 6.45) is 0.590. The number of hydrogen-bond donors (Lipinski definition) is 0. The Labute approximate surface area is 134 Å². The third-order valence-corrected chi connectivity index (χ3v) is 5.40. The van der Waals surface area contributed by atoms with Gasteiger partial charge in [-0.2, -0.15) is 0 Å². The molecule has 1 aromatic carbocycles. The van der Waals surface area contributed by atoms with Crippen molar-refractivity contribution in [2.24, 2.45) is 11.8 Å². The Hall–Kier alpha value is -1.40. The fourth-order valence-corrected chi connectivity index (χ4v) is 4.00. The fourth-order valence-electron chi connectivity index (χ4n) is 2.40. The van der Waals surface area contributed by atoms with E-state index in [9.17, 15) is 9.59 Å². The predicted octanol–water partition coefficient (Wildman–Crippen LogP) is 3.66. The lowest BCUT2D eigenvalue weighted by Gasteiger charge is -2.01. The molecule has 2 aromatic rings. The van der Waals surface area contributed by atoms with Gasteiger partial charge in [-0.05, 0) is 45.9 Å². The average Bonchev–Trinajstić information content (AvgIpc) is 3.18. The summed E-state index contributed by atoms with van der Waals surface area (Å²) >= 11 is 4.87. The molecule has 1 aliphatic carbocycles. The Morgan fingerprint density at radius 1 is 1.24 bits per heavy atom. The Bertz CT molecular complexity index is 737. The molecule has 0 spiro atoms. The molecule has 21 heavy (non-hydrogen) atoms. The highest BCUT2D eigenvalue weighted by Gasteiger charge is 2.49. The van der Waals surface area contributed by atoms with Crippen LogP contribution in [-0.4, -0.2) is 26.0 Å². The third kappa shape index (κ3) is 2.58. The number of carbonyl (C=O) groups excluding carboxylic acids is 2. The molecule has 0 saturated heterocycles. The van der Waals surface area contributed by atoms with Crippen LogP contribution in [0.15, 0.2) is 22.7 Å². The highest BCUT2D eigenvalue weighted by atomic mass is 79.9. The van der Waals surface area contributed by atoms with Crippen molar-refractivity contribution in [1.29, 1.82) is 0 Å². The number of halogens is 1. The van der Waals surface area contributed by atoms with Gasteiger partial charge in [-0.1, -0.05) is 0 Å². The van der Waals surface area contributed by atoms with E-state index in [1.807, 2.05) is 18.2 Å². The highest BCUT2D eigenvalue weighted by molar-refractivity contribution is 9.10. The van der Waals surface area contributed by atoms with E-state index in [-0.39, 0.29) is 23.6 Å². The third-order valence-electron chi connectivity index (χ3n) is 3.66. The Morgan fingerprint density at radius 3 is 2.67 bits per heavy atom. The summed E-state index contributed by atoms with van der Waals surface area (Å²) in [5, 5.41) is 0.992. The van der Waals surface area contributed by atoms with Crippen LogP contribution in [0.4, 0.5) is 0 Å². The molecular weight excluding hydrogens is 356 g/mol. The maximum Gasteiger partial charge on any atom is 0.309 e. The second kappa shape index (κ2) is 5.42. The maximum absolute atomic E-state index is 12.4. The molecule has 0 amide bonds. The van der Waals surface area contributed by atoms with Crippen molar-refractivity contribution in [2.45, 2.75) is 6.42 Å². The molecule has 1 aliphatic rings. The number of rotatable bonds is 4. The van der Waals surface area contributed by atoms with E-state index in [0.717, 1.165) is 20.3 Å². The molecule has 2 unspecified atom stereocenters. The van der Waals surface area contributed by atoms with Gasteiger partial charge in [-0.25, -0.2) is 0 Å². The van der Waals surface area contributed by atoms with Crippen LogP contribution in [0.5, 0.6) is 5.75 Å². The first-order valence-electron chi connectivity index (χ1n) is 6.44. The van der Waals surface area contributed by atoms with Crippen LogP contribution in [0, 0.1) is 11.8 Å². The van der Waals surface area contributed by atoms with Crippen molar-refractivity contribution in [1.82, 2.24) is 0 Å². The topological polar surface area (TPSA) is 52.6 Å². The SMILES string of the molecule is COC(=O)C1CC1C(=O)c1cc2cc(Br)c(OC)cc2s1. The van der Waals surface area contributed by atoms with Crippen molar-refractivity contribution in [2.75, 3.05) is 14.2 Å². The minimum atomic E-state index is -0.293. The smallest absolute Gasteiger partial charge is 0.309 e. The van der Waals surface area contributed by atoms with Crippen LogP contribution in [0.3, 0.4) is 0 Å². The van der Waals surface area contributed by atoms with Gasteiger partial charge in [-0.15, -0.1) is 11.3 Å². The van der Waals surface area contributed by atoms with Crippen LogP contribution in [0.2, 0.25) is 0 Å². The number of methoxy groups -OCH3 is 2. The van der Waals surface area contributed by atoms with Gasteiger partial charge in [0.15, 0.2) is 5.78 Å². The van der Waals surface area contributed by atoms with Gasteiger partial charge in [-0.3, -0.25) is 9.59 Å². The van der Waals surface area contributed by atoms with Crippen molar-refractivity contribution in [3.8, 4) is 5.75 Å². The van der Waals surface area contributed by atoms with E-state index >= 15 is 0 Å². The number of thiophene rings is 1. The van der Waals surface area contributed by atoms with Crippen LogP contribution in [-0.2, 0) is 9.53 Å². The first kappa shape index (κ1) is 14.5. The van der Waals surface area contributed by atoms with Gasteiger partial charge in [0.05, 0.1) is 29.5 Å². The van der Waals surface area contributed by atoms with Crippen molar-refractivity contribution in [3.05, 3.63) is 27.5 Å². The number of carbonyl (C=O) groups is 2. The minimum absolute atomic E-state index is 0.0293. The van der Waals surface area contributed by atoms with Crippen LogP contribution in [0.25, 0.3) is 10.1 Å². The zero-order valence-corrected chi connectivity index (χ0v) is 13.9. The Balaban J connectivity index is 1.88. The van der Waals surface area contributed by atoms with E-state index in [0.29, 0.717) is 11.3 Å². The summed E-state index contributed by atoms with van der Waals surface area (Å²) in [7, 11) is 2.96. The van der Waals surface area contributed by atoms with Crippen LogP contribution < -0.4 is 4.74 Å². The number of Topliss-reactive ketones (excluding diaryl/α,β-unsaturated/α-hetero) is 1. The first-order chi connectivity index (χ1) is 10.0. The number of fused-ring (bicyclic) bond motifs is 1. The van der Waals surface area contributed by atoms with Gasteiger partial charge >= 0.3 is 5.97 Å². The molecule has 110 valence electrons. The summed E-state index contributed by atoms with van der Waals surface area (Å²) in [5.74, 6) is -0.0207. The Kier molecular flexibility index (Phi) is 3.75. The van der Waals surface area contributed by atoms with E-state index in [1.165, 1.54) is 18.4 Å². The van der Waals surface area contributed by atoms with Gasteiger partial charge in [0.1, 0.15) is 5.75 Å². The Morgan fingerprint density at radius 2 is 2.00 bits per heavy atom. The van der Waals surface area contributed by atoms with Gasteiger partial charge in [0.2, 0.25) is 0 Å². The van der Waals surface area contributed by atoms with Crippen molar-refractivity contribution in [3.63, 3.8) is 0 Å². The predicted molar refractivity (Wildman–Crippen MR) is 84.0 cm³/mol. The molecule has 1 fully saturated rings. The second-order valence-electron chi connectivity index (χ2n) is 4.97. The van der Waals surface area contributed by atoms with Gasteiger partial charge < -0.3 is 9.47 Å². The van der Waals surface area contributed by atoms with E-state index in [1.54, 1.807) is 7.11 Å². The molecule has 1 saturated carbocycles. The lowest BCUT2D eigenvalue weighted by Crippen LogP contribution is -2.09. The summed E-state index contributed by atoms with van der Waals surface area (Å²) < 4.78 is 11.8. The number of ketones is 1. The molecule has 6 heteroatoms. The molecule has 0 radical (unpaired) electrons. The minimum Gasteiger partial charge on any atom is -0.496 e. The molecule has 0 N–H and O–H groups in total. The molecule has 0 aliphatic heterocycles. The number of hydrogen-bond acceptors (Lipinski definition) is 5. The number of esters is 1. The van der Waals surface area contributed by atoms with E-state index in [2.05, 4.69) is 20.7 Å². The standard InChI is InChI=1S/C15H13BrO4S/c1-19-11-6-12-7(3-10(11)16)4-13(21-12)14(17)8-5-9(8)15(18)20-2/h3-4,6,8-9H,5H2,1-2H3. The van der Waals surface area contributed by atoms with Gasteiger partial charge in [0, 0.05) is 10.6 Å². The number of ether oxygens (including phenoxy) is 2. The zero-order valence-electron chi connectivity index (χ0n) is 11.5. The van der Waals surface area contributed by atoms with E-state index in [4.69, 9.17) is 4.74 Å². The molecular formula is C15H13BrO4S. The first-order valence-corrected chi connectivity index (χ1v) is 8.05. The van der Waals surface area contributed by atoms with Crippen molar-refractivity contribution >= 4 is 49.1 Å².